The number of nitrogens with one attached hydrogen (secondary N) is 2. The minimum Gasteiger partial charge on any atom is -0.417 e. The summed E-state index contributed by atoms with van der Waals surface area (Å²) in [4.78, 5) is 15.6. The van der Waals surface area contributed by atoms with Gasteiger partial charge in [-0.05, 0) is 36.3 Å². The number of hydrogen-bond donors (Lipinski definition) is 3. The maximum atomic E-state index is 12.1. The minimum absolute atomic E-state index is 0.158. The van der Waals surface area contributed by atoms with Crippen molar-refractivity contribution in [3.05, 3.63) is 23.9 Å². The van der Waals surface area contributed by atoms with Crippen molar-refractivity contribution in [1.29, 1.82) is 0 Å². The lowest BCUT2D eigenvalue weighted by Gasteiger charge is -2.46. The van der Waals surface area contributed by atoms with E-state index < -0.39 is 12.7 Å². The van der Waals surface area contributed by atoms with Gasteiger partial charge in [-0.1, -0.05) is 6.42 Å². The number of carbonyl (C=O) groups is 1. The van der Waals surface area contributed by atoms with E-state index >= 15 is 0 Å². The molecule has 2 saturated carbocycles. The molecule has 3 rings (SSSR count). The van der Waals surface area contributed by atoms with Crippen LogP contribution in [0.1, 0.15) is 24.8 Å². The second kappa shape index (κ2) is 6.66. The van der Waals surface area contributed by atoms with Gasteiger partial charge in [0.05, 0.1) is 12.1 Å². The minimum atomic E-state index is -2.94. The Bertz CT molecular complexity index is 573. The van der Waals surface area contributed by atoms with Crippen LogP contribution in [-0.2, 0) is 6.54 Å². The highest BCUT2D eigenvalue weighted by molar-refractivity contribution is 5.74. The van der Waals surface area contributed by atoms with Crippen LogP contribution in [0.2, 0.25) is 0 Å². The normalized spacial score (nSPS) is 28.9. The molecule has 8 heteroatoms. The number of urea groups is 1. The van der Waals surface area contributed by atoms with Crippen molar-refractivity contribution in [2.45, 2.75) is 44.6 Å². The van der Waals surface area contributed by atoms with Gasteiger partial charge in [-0.3, -0.25) is 0 Å². The summed E-state index contributed by atoms with van der Waals surface area (Å²) in [6.45, 7) is -2.78. The molecule has 2 aliphatic carbocycles. The molecule has 2 aliphatic rings. The Morgan fingerprint density at radius 1 is 1.43 bits per heavy atom. The van der Waals surface area contributed by atoms with E-state index in [4.69, 9.17) is 0 Å². The lowest BCUT2D eigenvalue weighted by atomic mass is 9.69. The third-order valence-corrected chi connectivity index (χ3v) is 4.65. The van der Waals surface area contributed by atoms with Crippen molar-refractivity contribution in [2.24, 2.45) is 11.8 Å². The van der Waals surface area contributed by atoms with Crippen molar-refractivity contribution in [1.82, 2.24) is 15.6 Å². The van der Waals surface area contributed by atoms with Crippen LogP contribution in [-0.4, -0.2) is 34.9 Å². The number of rotatable bonds is 5. The van der Waals surface area contributed by atoms with Crippen LogP contribution in [0.4, 0.5) is 13.6 Å². The first-order valence-corrected chi connectivity index (χ1v) is 7.67. The highest BCUT2D eigenvalue weighted by atomic mass is 19.3. The fourth-order valence-electron chi connectivity index (χ4n) is 3.55. The van der Waals surface area contributed by atoms with Gasteiger partial charge in [-0.2, -0.15) is 8.78 Å². The molecule has 0 saturated heterocycles. The average molecular weight is 327 g/mol. The summed E-state index contributed by atoms with van der Waals surface area (Å²) in [5, 5.41) is 15.4. The number of hydrogen-bond acceptors (Lipinski definition) is 4. The van der Waals surface area contributed by atoms with Gasteiger partial charge < -0.3 is 20.5 Å². The molecule has 1 heterocycles. The van der Waals surface area contributed by atoms with Gasteiger partial charge in [0.1, 0.15) is 0 Å². The SMILES string of the molecule is O=C(NCc1ccnc(OC(F)F)c1)NC1C(O)C2CCCC21. The highest BCUT2D eigenvalue weighted by Crippen LogP contribution is 2.47. The smallest absolute Gasteiger partial charge is 0.388 e. The maximum Gasteiger partial charge on any atom is 0.388 e. The number of pyridine rings is 1. The number of halogens is 2. The summed E-state index contributed by atoms with van der Waals surface area (Å²) in [5.41, 5.74) is 0.596. The highest BCUT2D eigenvalue weighted by Gasteiger charge is 2.52. The topological polar surface area (TPSA) is 83.5 Å². The van der Waals surface area contributed by atoms with Crippen molar-refractivity contribution < 1.29 is 23.4 Å². The van der Waals surface area contributed by atoms with E-state index in [-0.39, 0.29) is 24.5 Å². The number of aliphatic hydroxyl groups is 1. The quantitative estimate of drug-likeness (QED) is 0.768. The van der Waals surface area contributed by atoms with E-state index in [0.717, 1.165) is 19.3 Å². The Morgan fingerprint density at radius 3 is 3.00 bits per heavy atom. The number of carbonyl (C=O) groups excluding carboxylic acids is 1. The molecule has 1 aromatic rings. The zero-order valence-corrected chi connectivity index (χ0v) is 12.4. The molecule has 0 bridgehead atoms. The molecule has 0 radical (unpaired) electrons. The molecule has 0 spiro atoms. The number of alkyl halides is 2. The molecule has 23 heavy (non-hydrogen) atoms. The molecule has 0 aliphatic heterocycles. The molecule has 126 valence electrons. The number of ether oxygens (including phenoxy) is 1. The Labute approximate surface area is 132 Å². The molecule has 2 fully saturated rings. The van der Waals surface area contributed by atoms with Crippen LogP contribution >= 0.6 is 0 Å². The molecule has 0 aromatic carbocycles. The van der Waals surface area contributed by atoms with Crippen LogP contribution in [0.3, 0.4) is 0 Å². The van der Waals surface area contributed by atoms with Crippen LogP contribution in [0.5, 0.6) is 5.88 Å². The number of aliphatic hydroxyl groups excluding tert-OH is 1. The first-order chi connectivity index (χ1) is 11.0. The van der Waals surface area contributed by atoms with Gasteiger partial charge in [-0.25, -0.2) is 9.78 Å². The first kappa shape index (κ1) is 15.9. The van der Waals surface area contributed by atoms with Crippen LogP contribution in [0.25, 0.3) is 0 Å². The van der Waals surface area contributed by atoms with E-state index in [1.807, 2.05) is 0 Å². The molecule has 4 atom stereocenters. The molecular weight excluding hydrogens is 308 g/mol. The first-order valence-electron chi connectivity index (χ1n) is 7.67. The molecular formula is C15H19F2N3O3. The Balaban J connectivity index is 1.47. The zero-order chi connectivity index (χ0) is 16.4. The van der Waals surface area contributed by atoms with Gasteiger partial charge in [-0.15, -0.1) is 0 Å². The molecule has 1 aromatic heterocycles. The van der Waals surface area contributed by atoms with E-state index in [0.29, 0.717) is 17.4 Å². The standard InChI is InChI=1S/C15H19F2N3O3/c16-14(17)23-11-6-8(4-5-18-11)7-19-15(22)20-12-9-2-1-3-10(9)13(12)21/h4-6,9-10,12-14,21H,1-3,7H2,(H2,19,20,22). The van der Waals surface area contributed by atoms with Gasteiger partial charge in [0.2, 0.25) is 5.88 Å². The zero-order valence-electron chi connectivity index (χ0n) is 12.4. The number of fused-ring (bicyclic) bond motifs is 1. The average Bonchev–Trinajstić information content (AvgIpc) is 2.95. The van der Waals surface area contributed by atoms with E-state index in [2.05, 4.69) is 20.4 Å². The number of nitrogens with zero attached hydrogens (tertiary/aromatic N) is 1. The van der Waals surface area contributed by atoms with Gasteiger partial charge in [0.25, 0.3) is 0 Å². The summed E-state index contributed by atoms with van der Waals surface area (Å²) < 4.78 is 28.5. The fourth-order valence-corrected chi connectivity index (χ4v) is 3.55. The van der Waals surface area contributed by atoms with Gasteiger partial charge in [0.15, 0.2) is 0 Å². The fraction of sp³-hybridized carbons (Fsp3) is 0.600. The number of amides is 2. The lowest BCUT2D eigenvalue weighted by Crippen LogP contribution is -2.62. The summed E-state index contributed by atoms with van der Waals surface area (Å²) in [6, 6.07) is 2.37. The molecule has 4 unspecified atom stereocenters. The molecule has 3 N–H and O–H groups in total. The van der Waals surface area contributed by atoms with Crippen LogP contribution in [0, 0.1) is 11.8 Å². The second-order valence-electron chi connectivity index (χ2n) is 5.98. The summed E-state index contributed by atoms with van der Waals surface area (Å²) in [5.74, 6) is 0.486. The third-order valence-electron chi connectivity index (χ3n) is 4.65. The van der Waals surface area contributed by atoms with Crippen molar-refractivity contribution in [3.63, 3.8) is 0 Å². The predicted octanol–water partition coefficient (Wildman–Crippen LogP) is 1.64. The maximum absolute atomic E-state index is 12.1. The van der Waals surface area contributed by atoms with Crippen LogP contribution in [0.15, 0.2) is 18.3 Å². The summed E-state index contributed by atoms with van der Waals surface area (Å²) in [7, 11) is 0. The van der Waals surface area contributed by atoms with Crippen LogP contribution < -0.4 is 15.4 Å². The molecule has 2 amide bonds. The second-order valence-corrected chi connectivity index (χ2v) is 5.98. The third kappa shape index (κ3) is 3.52. The summed E-state index contributed by atoms with van der Waals surface area (Å²) in [6.07, 6.45) is 4.02. The Hall–Kier alpha value is -1.96. The van der Waals surface area contributed by atoms with Crippen molar-refractivity contribution >= 4 is 6.03 Å². The van der Waals surface area contributed by atoms with E-state index in [9.17, 15) is 18.7 Å². The predicted molar refractivity (Wildman–Crippen MR) is 76.9 cm³/mol. The Kier molecular flexibility index (Phi) is 4.61. The molecule has 6 nitrogen and oxygen atoms in total. The monoisotopic (exact) mass is 327 g/mol. The van der Waals surface area contributed by atoms with Crippen molar-refractivity contribution in [3.8, 4) is 5.88 Å². The van der Waals surface area contributed by atoms with Gasteiger partial charge >= 0.3 is 12.6 Å². The largest absolute Gasteiger partial charge is 0.417 e. The number of aromatic nitrogens is 1. The van der Waals surface area contributed by atoms with E-state index in [1.165, 1.54) is 12.3 Å². The lowest BCUT2D eigenvalue weighted by molar-refractivity contribution is -0.0529. The van der Waals surface area contributed by atoms with E-state index in [1.54, 1.807) is 6.07 Å². The summed E-state index contributed by atoms with van der Waals surface area (Å²) >= 11 is 0. The van der Waals surface area contributed by atoms with Crippen molar-refractivity contribution in [2.75, 3.05) is 0 Å². The Morgan fingerprint density at radius 2 is 2.22 bits per heavy atom. The van der Waals surface area contributed by atoms with Gasteiger partial charge in [0, 0.05) is 18.8 Å².